The maximum atomic E-state index is 15.7. The number of aryl methyl sites for hydroxylation is 4. The molecular weight excluding hydrogens is 2250 g/mol. The van der Waals surface area contributed by atoms with Crippen molar-refractivity contribution >= 4 is 133 Å². The molecule has 0 saturated carbocycles. The van der Waals surface area contributed by atoms with Gasteiger partial charge in [0.05, 0.1) is 124 Å². The van der Waals surface area contributed by atoms with E-state index < -0.39 is 266 Å². The topological polar surface area (TPSA) is 760 Å². The van der Waals surface area contributed by atoms with Crippen LogP contribution in [0.4, 0.5) is 17.6 Å². The zero-order valence-electron chi connectivity index (χ0n) is 83.6. The SMILES string of the molecule is COCCO[C@@H]1[C@H](OP([O-])(=S)OC[C@H]2O[C@@H](n3cnc4c(N)ncnc43)[C@H](OCCOC)[C@@H]2OP([O-])(=S)OC[C@H]2O[C@@H](n3cc(C)c(=O)[nH]c3=O)C[C@@H]2C)[C@@H](COP([O-])(=S)O[C@H]2[C@@H](OCCOC)[C@H](n3cc(C)c(=O)[nH]c3=O)O[C@@H]2COP([O-])(=S)O[C@H]2[C@@H](OCCOC)[C@H](n3cnc4c(=O)[nH]c(N)nc43)O[C@@H]2COP([O-])(=S)O[C@H]2[C@@H](OCCOC)[C@H](n3cc(C)c(=O)[nH]c3=O)O[C@@H]2CO)O[C@H]1n1cc(C)c(N)nc1=O.[Na+].[Na+].[Na+].[Na+].[Na+]. The fourth-order valence-corrected chi connectivity index (χ4v) is 23.6. The van der Waals surface area contributed by atoms with E-state index >= 15 is 14.7 Å². The molecule has 0 aliphatic carbocycles. The van der Waals surface area contributed by atoms with Crippen molar-refractivity contribution in [2.45, 2.75) is 176 Å². The number of H-pyrrole nitrogens is 4. The smallest absolute Gasteiger partial charge is 0.780 e. The Bertz CT molecular complexity index is 6680. The number of aromatic amines is 4. The molecule has 0 radical (unpaired) electrons. The Labute approximate surface area is 987 Å². The van der Waals surface area contributed by atoms with Crippen molar-refractivity contribution < 1.29 is 298 Å². The first-order valence-electron chi connectivity index (χ1n) is 44.1. The average Bonchev–Trinajstić information content (AvgIpc) is 1.60. The Kier molecular flexibility index (Phi) is 51.2. The van der Waals surface area contributed by atoms with Crippen LogP contribution in [0.5, 0.6) is 0 Å². The number of ether oxygens (including phenoxy) is 16. The van der Waals surface area contributed by atoms with E-state index in [4.69, 9.17) is 197 Å². The molecule has 6 aliphatic heterocycles. The van der Waals surface area contributed by atoms with Gasteiger partial charge < -0.3 is 168 Å². The summed E-state index contributed by atoms with van der Waals surface area (Å²) in [5.74, 6) is -1.05. The number of aliphatic hydroxyl groups excluding tert-OH is 1. The van der Waals surface area contributed by atoms with Gasteiger partial charge in [-0.05, 0) is 40.0 Å². The fraction of sp³-hybridized carbons (Fsp3) is 0.658. The molecule has 804 valence electrons. The van der Waals surface area contributed by atoms with Gasteiger partial charge in [0.1, 0.15) is 149 Å². The third-order valence-corrected chi connectivity index (χ3v) is 31.2. The monoisotopic (exact) mass is 2350 g/mol. The maximum Gasteiger partial charge on any atom is 1.00 e. The van der Waals surface area contributed by atoms with Gasteiger partial charge in [-0.1, -0.05) is 66.0 Å². The summed E-state index contributed by atoms with van der Waals surface area (Å²) in [5, 5.41) is 10.7. The summed E-state index contributed by atoms with van der Waals surface area (Å²) in [5.41, 5.74) is 11.6. The standard InChI is InChI=1S/C76H110N19O40P5S5.5Na/c1-35-21-46(90-23-37(3)63(97)87-74(90)102)125-41(35)27-120-136(105,141)134-52-44(129-70(57(52)118-19-14-113-9)94-33-82-47-60(78)80-32-81-61(47)94)30-124-139(108,144)132-50-42(127-68(55(50)116-17-12-111-7)91-22-36(2)59(77)84-73(91)101)28-122-138(107,143)133-51-43(128-69(56(51)117-18-13-112-8)93-25-39(5)65(99)89-76(93)104)29-123-140(109,145)135-53-45(130-71(58(53)119-20-15-114-10)95-34-83-48-62(95)85-72(79)86-66(48)100)31-121-137(106,142)131-49-40(26-96)126-67(54(49)115-16-11-110-6)92-24-38(4)64(98)88-75(92)103;;;;;/h22-25,32-35,40-46,49-58,67-71,96H,11-21,26-31H2,1-10H3,(H,105,141)(H,106,142)(H,107,143)(H,108,144)(H,109,145)(H2,77,84,101)(H2,78,80,81)(H,87,97,102)(H,88,98,103)(H,89,99,104)(H3,79,85,86,100);;;;;/q;5*+1/p-5/t35-,40+,41+,42+,43+,44+,45+,46+,49+,50+,51+,52+,53+,54+,55+,56+,57+,58+,67+,68+,69+,70+,71+,136?,137?,138?,139?,140?;;;;;/m0...../s1. The normalized spacial score (nSPS) is 28.2. The Morgan fingerprint density at radius 1 is 0.373 bits per heavy atom. The molecule has 6 saturated heterocycles. The minimum absolute atomic E-state index is 0. The van der Waals surface area contributed by atoms with Crippen molar-refractivity contribution in [1.29, 1.82) is 0 Å². The Morgan fingerprint density at radius 2 is 0.687 bits per heavy atom. The Morgan fingerprint density at radius 3 is 1.05 bits per heavy atom. The van der Waals surface area contributed by atoms with Gasteiger partial charge in [-0.2, -0.15) is 9.97 Å². The van der Waals surface area contributed by atoms with Gasteiger partial charge in [-0.3, -0.25) is 66.5 Å². The zero-order chi connectivity index (χ0) is 105. The number of aromatic nitrogens is 16. The van der Waals surface area contributed by atoms with Crippen LogP contribution in [0.25, 0.3) is 22.3 Å². The van der Waals surface area contributed by atoms with Gasteiger partial charge >= 0.3 is 171 Å². The molecule has 8 aromatic rings. The van der Waals surface area contributed by atoms with E-state index in [1.807, 2.05) is 0 Å². The minimum atomic E-state index is -5.38. The molecule has 6 fully saturated rings. The summed E-state index contributed by atoms with van der Waals surface area (Å²) in [6.07, 6.45) is -27.1. The number of nitrogens with two attached hydrogens (primary N) is 3. The van der Waals surface area contributed by atoms with Crippen molar-refractivity contribution in [2.75, 3.05) is 158 Å². The maximum absolute atomic E-state index is 15.7. The van der Waals surface area contributed by atoms with Crippen molar-refractivity contribution in [3.8, 4) is 0 Å². The van der Waals surface area contributed by atoms with Crippen molar-refractivity contribution in [2.24, 2.45) is 5.92 Å². The number of methoxy groups -OCH3 is 5. The summed E-state index contributed by atoms with van der Waals surface area (Å²) < 4.78 is 164. The van der Waals surface area contributed by atoms with Gasteiger partial charge in [-0.15, -0.1) is 0 Å². The van der Waals surface area contributed by atoms with E-state index in [1.165, 1.54) is 95.7 Å². The van der Waals surface area contributed by atoms with E-state index in [1.54, 1.807) is 6.92 Å². The van der Waals surface area contributed by atoms with Crippen LogP contribution in [-0.2, 0) is 180 Å². The zero-order valence-corrected chi connectivity index (χ0v) is 102. The number of rotatable bonds is 52. The quantitative estimate of drug-likeness (QED) is 0.00997. The van der Waals surface area contributed by atoms with Crippen LogP contribution >= 0.6 is 33.6 Å². The first kappa shape index (κ1) is 132. The molecule has 6 aliphatic rings. The molecule has 150 heavy (non-hydrogen) atoms. The van der Waals surface area contributed by atoms with Crippen LogP contribution < -0.4 is 234 Å². The third-order valence-electron chi connectivity index (χ3n) is 23.5. The van der Waals surface area contributed by atoms with E-state index in [0.29, 0.717) is 0 Å². The van der Waals surface area contributed by atoms with E-state index in [2.05, 4.69) is 49.8 Å². The van der Waals surface area contributed by atoms with Crippen LogP contribution in [0.15, 0.2) is 82.1 Å². The first-order valence-corrected chi connectivity index (χ1v) is 56.9. The number of nitrogens with zero attached hydrogens (tertiary/aromatic N) is 12. The van der Waals surface area contributed by atoms with Crippen LogP contribution in [0.1, 0.15) is 73.0 Å². The largest absolute Gasteiger partial charge is 1.00 e. The van der Waals surface area contributed by atoms with Crippen molar-refractivity contribution in [1.82, 2.24) is 77.2 Å². The molecule has 0 amide bonds. The fourth-order valence-electron chi connectivity index (χ4n) is 16.5. The molecule has 74 heteroatoms. The predicted molar refractivity (Wildman–Crippen MR) is 506 cm³/mol. The molecule has 11 N–H and O–H groups in total. The molecule has 59 nitrogen and oxygen atoms in total. The second-order valence-corrected chi connectivity index (χ2v) is 46.9. The van der Waals surface area contributed by atoms with Gasteiger partial charge in [-0.25, -0.2) is 39.1 Å². The molecule has 0 bridgehead atoms. The molecule has 0 aromatic carbocycles. The van der Waals surface area contributed by atoms with Crippen LogP contribution in [0, 0.1) is 33.6 Å². The molecule has 0 spiro atoms. The van der Waals surface area contributed by atoms with Gasteiger partial charge in [0.2, 0.25) is 5.95 Å². The van der Waals surface area contributed by atoms with Crippen molar-refractivity contribution in [3.05, 3.63) is 149 Å². The van der Waals surface area contributed by atoms with Crippen LogP contribution in [0.2, 0.25) is 0 Å². The molecule has 28 atom stereocenters. The second kappa shape index (κ2) is 58.3. The first-order chi connectivity index (χ1) is 68.9. The van der Waals surface area contributed by atoms with Gasteiger partial charge in [0, 0.05) is 82.6 Å². The minimum Gasteiger partial charge on any atom is -0.780 e. The number of hydrogen-bond donors (Lipinski definition) is 8. The van der Waals surface area contributed by atoms with Crippen LogP contribution in [-0.4, -0.2) is 321 Å². The molecular formula is C76H105N19Na5O40P5S5. The summed E-state index contributed by atoms with van der Waals surface area (Å²) in [6.45, 7) is -26.1. The third kappa shape index (κ3) is 32.4. The van der Waals surface area contributed by atoms with E-state index in [0.717, 1.165) is 38.7 Å². The number of nitrogens with one attached hydrogen (secondary N) is 4. The molecule has 14 heterocycles. The number of imidazole rings is 2. The van der Waals surface area contributed by atoms with Gasteiger partial charge in [0.15, 0.2) is 53.8 Å². The number of nitrogen functional groups attached to an aromatic ring is 3. The van der Waals surface area contributed by atoms with Crippen LogP contribution in [0.3, 0.4) is 0 Å². The number of hydrogen-bond acceptors (Lipinski definition) is 54. The van der Waals surface area contributed by atoms with Crippen molar-refractivity contribution in [3.63, 3.8) is 0 Å². The molecule has 8 aromatic heterocycles. The molecule has 14 rings (SSSR count). The number of aliphatic hydroxyl groups is 1. The second-order valence-electron chi connectivity index (χ2n) is 33.3. The molecule has 5 unspecified atom stereocenters. The summed E-state index contributed by atoms with van der Waals surface area (Å²) in [4.78, 5) is 217. The summed E-state index contributed by atoms with van der Waals surface area (Å²) >= 11 is 28.3. The Balaban J connectivity index is 0.00000499. The number of fused-ring (bicyclic) bond motifs is 2. The Hall–Kier alpha value is -1.81. The summed E-state index contributed by atoms with van der Waals surface area (Å²) in [6, 6.07) is 0. The summed E-state index contributed by atoms with van der Waals surface area (Å²) in [7, 11) is 6.70. The van der Waals surface area contributed by atoms with Gasteiger partial charge in [0.25, 0.3) is 22.2 Å². The number of anilines is 3. The van der Waals surface area contributed by atoms with E-state index in [9.17, 15) is 53.2 Å². The van der Waals surface area contributed by atoms with E-state index in [-0.39, 0.29) is 276 Å². The predicted octanol–water partition coefficient (Wildman–Crippen LogP) is -20.6. The average molecular weight is 2350 g/mol.